The van der Waals surface area contributed by atoms with Crippen LogP contribution in [0.5, 0.6) is 0 Å². The number of hydrogen-bond acceptors (Lipinski definition) is 3. The molecule has 2 amide bonds. The van der Waals surface area contributed by atoms with Gasteiger partial charge >= 0.3 is 0 Å². The summed E-state index contributed by atoms with van der Waals surface area (Å²) in [6, 6.07) is 23.7. The molecular weight excluding hydrogens is 433 g/mol. The minimum absolute atomic E-state index is 0.000129. The van der Waals surface area contributed by atoms with E-state index in [4.69, 9.17) is 23.2 Å². The van der Waals surface area contributed by atoms with E-state index in [2.05, 4.69) is 10.5 Å². The molecule has 0 bridgehead atoms. The average Bonchev–Trinajstić information content (AvgIpc) is 2.77. The van der Waals surface area contributed by atoms with E-state index >= 15 is 0 Å². The number of carbonyl (C=O) groups excluding carboxylic acids is 2. The fourth-order valence-corrected chi connectivity index (χ4v) is 3.51. The van der Waals surface area contributed by atoms with Crippen LogP contribution < -0.4 is 10.3 Å². The monoisotopic (exact) mass is 453 g/mol. The van der Waals surface area contributed by atoms with Gasteiger partial charge in [0.25, 0.3) is 0 Å². The van der Waals surface area contributed by atoms with Gasteiger partial charge in [0, 0.05) is 34.8 Å². The third kappa shape index (κ3) is 6.17. The third-order valence-corrected chi connectivity index (χ3v) is 5.06. The highest BCUT2D eigenvalue weighted by Gasteiger charge is 2.18. The van der Waals surface area contributed by atoms with Crippen LogP contribution in [0.25, 0.3) is 0 Å². The zero-order valence-electron chi connectivity index (χ0n) is 16.9. The number of halogens is 2. The molecule has 158 valence electrons. The Bertz CT molecular complexity index is 1050. The summed E-state index contributed by atoms with van der Waals surface area (Å²) in [7, 11) is 0. The smallest absolute Gasteiger partial charge is 0.240 e. The second-order valence-corrected chi connectivity index (χ2v) is 7.60. The molecule has 0 fully saturated rings. The number of benzene rings is 3. The van der Waals surface area contributed by atoms with Gasteiger partial charge in [0.2, 0.25) is 11.8 Å². The maximum absolute atomic E-state index is 13.0. The van der Waals surface area contributed by atoms with Crippen LogP contribution in [-0.4, -0.2) is 17.5 Å². The Kier molecular flexibility index (Phi) is 7.82. The molecule has 5 nitrogen and oxygen atoms in total. The molecule has 0 unspecified atom stereocenters. The SMILES string of the molecule is C/C(=N\NC(=O)CCC(=O)N(c1ccccc1)c1ccccc1)c1ccc(Cl)cc1Cl. The zero-order chi connectivity index (χ0) is 22.2. The van der Waals surface area contributed by atoms with E-state index in [1.165, 1.54) is 0 Å². The lowest BCUT2D eigenvalue weighted by molar-refractivity contribution is -0.124. The predicted molar refractivity (Wildman–Crippen MR) is 126 cm³/mol. The molecule has 31 heavy (non-hydrogen) atoms. The predicted octanol–water partition coefficient (Wildman–Crippen LogP) is 5.98. The fraction of sp³-hybridized carbons (Fsp3) is 0.125. The highest BCUT2D eigenvalue weighted by Crippen LogP contribution is 2.26. The van der Waals surface area contributed by atoms with Crippen molar-refractivity contribution in [1.82, 2.24) is 5.43 Å². The van der Waals surface area contributed by atoms with E-state index in [-0.39, 0.29) is 24.7 Å². The first-order chi connectivity index (χ1) is 15.0. The number of anilines is 2. The highest BCUT2D eigenvalue weighted by molar-refractivity contribution is 6.37. The molecule has 0 saturated carbocycles. The van der Waals surface area contributed by atoms with Crippen molar-refractivity contribution in [2.24, 2.45) is 5.10 Å². The van der Waals surface area contributed by atoms with Gasteiger partial charge in [-0.05, 0) is 43.3 Å². The van der Waals surface area contributed by atoms with Crippen molar-refractivity contribution in [2.45, 2.75) is 19.8 Å². The van der Waals surface area contributed by atoms with Crippen LogP contribution >= 0.6 is 23.2 Å². The number of carbonyl (C=O) groups is 2. The number of nitrogens with zero attached hydrogens (tertiary/aromatic N) is 2. The number of hydrogen-bond donors (Lipinski definition) is 1. The quantitative estimate of drug-likeness (QED) is 0.353. The Labute approximate surface area is 191 Å². The first kappa shape index (κ1) is 22.5. The second kappa shape index (κ2) is 10.8. The minimum Gasteiger partial charge on any atom is -0.281 e. The molecule has 0 heterocycles. The summed E-state index contributed by atoms with van der Waals surface area (Å²) in [5.74, 6) is -0.548. The highest BCUT2D eigenvalue weighted by atomic mass is 35.5. The average molecular weight is 454 g/mol. The van der Waals surface area contributed by atoms with Gasteiger partial charge in [-0.1, -0.05) is 65.7 Å². The third-order valence-electron chi connectivity index (χ3n) is 4.51. The summed E-state index contributed by atoms with van der Waals surface area (Å²) in [6.45, 7) is 1.73. The van der Waals surface area contributed by atoms with Gasteiger partial charge in [0.1, 0.15) is 0 Å². The van der Waals surface area contributed by atoms with Crippen molar-refractivity contribution >= 4 is 52.1 Å². The first-order valence-corrected chi connectivity index (χ1v) is 10.4. The van der Waals surface area contributed by atoms with Gasteiger partial charge < -0.3 is 0 Å². The number of rotatable bonds is 7. The Morgan fingerprint density at radius 3 is 2.00 bits per heavy atom. The van der Waals surface area contributed by atoms with Crippen molar-refractivity contribution in [3.63, 3.8) is 0 Å². The van der Waals surface area contributed by atoms with Crippen LogP contribution in [0.15, 0.2) is 84.0 Å². The van der Waals surface area contributed by atoms with E-state index in [9.17, 15) is 9.59 Å². The van der Waals surface area contributed by atoms with Gasteiger partial charge in [-0.3, -0.25) is 14.5 Å². The van der Waals surface area contributed by atoms with Crippen molar-refractivity contribution in [2.75, 3.05) is 4.90 Å². The summed E-state index contributed by atoms with van der Waals surface area (Å²) in [5, 5.41) is 5.05. The normalized spacial score (nSPS) is 11.1. The number of amides is 2. The Balaban J connectivity index is 1.65. The Morgan fingerprint density at radius 1 is 0.871 bits per heavy atom. The molecule has 0 atom stereocenters. The second-order valence-electron chi connectivity index (χ2n) is 6.76. The molecular formula is C24H21Cl2N3O2. The van der Waals surface area contributed by atoms with E-state index in [1.54, 1.807) is 30.0 Å². The van der Waals surface area contributed by atoms with E-state index in [0.717, 1.165) is 11.4 Å². The maximum Gasteiger partial charge on any atom is 0.240 e. The van der Waals surface area contributed by atoms with Gasteiger partial charge in [-0.25, -0.2) is 5.43 Å². The summed E-state index contributed by atoms with van der Waals surface area (Å²) in [6.07, 6.45) is 0.0338. The minimum atomic E-state index is -0.362. The van der Waals surface area contributed by atoms with Crippen molar-refractivity contribution in [1.29, 1.82) is 0 Å². The van der Waals surface area contributed by atoms with E-state index in [1.807, 2.05) is 60.7 Å². The van der Waals surface area contributed by atoms with Crippen LogP contribution in [0.2, 0.25) is 10.0 Å². The molecule has 3 aromatic rings. The number of nitrogens with one attached hydrogen (secondary N) is 1. The Hall–Kier alpha value is -3.15. The van der Waals surface area contributed by atoms with Gasteiger partial charge in [-0.2, -0.15) is 5.10 Å². The van der Waals surface area contributed by atoms with Crippen molar-refractivity contribution in [3.05, 3.63) is 94.5 Å². The molecule has 0 radical (unpaired) electrons. The van der Waals surface area contributed by atoms with E-state index < -0.39 is 0 Å². The van der Waals surface area contributed by atoms with Gasteiger partial charge in [-0.15, -0.1) is 0 Å². The van der Waals surface area contributed by atoms with Gasteiger partial charge in [0.15, 0.2) is 0 Å². The topological polar surface area (TPSA) is 61.8 Å². The standard InChI is InChI=1S/C24H21Cl2N3O2/c1-17(21-13-12-18(25)16-22(21)26)27-28-23(30)14-15-24(31)29(19-8-4-2-5-9-19)20-10-6-3-7-11-20/h2-13,16H,14-15H2,1H3,(H,28,30)/b27-17+. The summed E-state index contributed by atoms with van der Waals surface area (Å²) in [5.41, 5.74) is 5.17. The van der Waals surface area contributed by atoms with Crippen LogP contribution in [0.1, 0.15) is 25.3 Å². The summed E-state index contributed by atoms with van der Waals surface area (Å²) < 4.78 is 0. The lowest BCUT2D eigenvalue weighted by atomic mass is 10.1. The molecule has 3 rings (SSSR count). The van der Waals surface area contributed by atoms with Crippen molar-refractivity contribution in [3.8, 4) is 0 Å². The summed E-state index contributed by atoms with van der Waals surface area (Å²) >= 11 is 12.1. The molecule has 0 aromatic heterocycles. The zero-order valence-corrected chi connectivity index (χ0v) is 18.4. The molecule has 0 aliphatic heterocycles. The molecule has 0 aliphatic rings. The Morgan fingerprint density at radius 2 is 1.45 bits per heavy atom. The van der Waals surface area contributed by atoms with Crippen molar-refractivity contribution < 1.29 is 9.59 Å². The number of para-hydroxylation sites is 2. The van der Waals surface area contributed by atoms with E-state index in [0.29, 0.717) is 21.3 Å². The van der Waals surface area contributed by atoms with Crippen LogP contribution in [0.3, 0.4) is 0 Å². The van der Waals surface area contributed by atoms with Gasteiger partial charge in [0.05, 0.1) is 10.7 Å². The van der Waals surface area contributed by atoms with Crippen LogP contribution in [0, 0.1) is 0 Å². The molecule has 3 aromatic carbocycles. The van der Waals surface area contributed by atoms with Crippen LogP contribution in [-0.2, 0) is 9.59 Å². The first-order valence-electron chi connectivity index (χ1n) is 9.67. The largest absolute Gasteiger partial charge is 0.281 e. The maximum atomic E-state index is 13.0. The molecule has 0 saturated heterocycles. The number of hydrazone groups is 1. The fourth-order valence-electron chi connectivity index (χ4n) is 2.97. The molecule has 0 aliphatic carbocycles. The molecule has 1 N–H and O–H groups in total. The molecule has 7 heteroatoms. The summed E-state index contributed by atoms with van der Waals surface area (Å²) in [4.78, 5) is 26.8. The molecule has 0 spiro atoms. The van der Waals surface area contributed by atoms with Crippen LogP contribution in [0.4, 0.5) is 11.4 Å². The lowest BCUT2D eigenvalue weighted by Crippen LogP contribution is -2.28. The lowest BCUT2D eigenvalue weighted by Gasteiger charge is -2.23.